The number of carbonyl (C=O) groups is 1. The molecule has 0 aliphatic heterocycles. The predicted octanol–water partition coefficient (Wildman–Crippen LogP) is 4.88. The lowest BCUT2D eigenvalue weighted by molar-refractivity contribution is -0.115. The van der Waals surface area contributed by atoms with Gasteiger partial charge in [0.05, 0.1) is 11.8 Å². The first kappa shape index (κ1) is 20.4. The van der Waals surface area contributed by atoms with Gasteiger partial charge >= 0.3 is 0 Å². The number of fused-ring (bicyclic) bond motifs is 1. The Hall–Kier alpha value is -3.91. The number of carbonyl (C=O) groups excluding carboxylic acids is 1. The number of oxazole rings is 1. The summed E-state index contributed by atoms with van der Waals surface area (Å²) in [5.74, 6) is 0.463. The van der Waals surface area contributed by atoms with Crippen molar-refractivity contribution in [3.05, 3.63) is 72.2 Å². The molecule has 0 radical (unpaired) electrons. The molecule has 31 heavy (non-hydrogen) atoms. The highest BCUT2D eigenvalue weighted by Crippen LogP contribution is 2.33. The van der Waals surface area contributed by atoms with Crippen LogP contribution in [-0.4, -0.2) is 21.1 Å². The molecule has 2 aromatic heterocycles. The van der Waals surface area contributed by atoms with Gasteiger partial charge in [0.15, 0.2) is 10.7 Å². The first-order chi connectivity index (χ1) is 15.0. The zero-order valence-electron chi connectivity index (χ0n) is 16.6. The molecule has 0 saturated heterocycles. The maximum Gasteiger partial charge on any atom is 0.250 e. The Morgan fingerprint density at radius 2 is 2.10 bits per heavy atom. The molecule has 0 atom stereocenters. The molecule has 7 nitrogen and oxygen atoms in total. The second-order valence-electron chi connectivity index (χ2n) is 6.70. The number of amides is 1. The molecule has 1 amide bonds. The third kappa shape index (κ3) is 4.81. The zero-order valence-corrected chi connectivity index (χ0v) is 17.4. The van der Waals surface area contributed by atoms with E-state index in [1.54, 1.807) is 24.3 Å². The van der Waals surface area contributed by atoms with Gasteiger partial charge in [0.25, 0.3) is 0 Å². The third-order valence-corrected chi connectivity index (χ3v) is 4.73. The van der Waals surface area contributed by atoms with Crippen molar-refractivity contribution >= 4 is 46.1 Å². The number of phenols is 1. The molecule has 0 aliphatic rings. The molecular formula is C23H19N3O4S. The summed E-state index contributed by atoms with van der Waals surface area (Å²) < 4.78 is 10.9. The number of hydrogen-bond donors (Lipinski definition) is 3. The summed E-state index contributed by atoms with van der Waals surface area (Å²) in [6, 6.07) is 14.1. The maximum atomic E-state index is 12.0. The Kier molecular flexibility index (Phi) is 5.81. The third-order valence-electron chi connectivity index (χ3n) is 4.52. The molecule has 4 aromatic rings. The molecule has 2 heterocycles. The van der Waals surface area contributed by atoms with E-state index < -0.39 is 5.91 Å². The Morgan fingerprint density at radius 1 is 1.23 bits per heavy atom. The van der Waals surface area contributed by atoms with Crippen LogP contribution in [-0.2, 0) is 11.2 Å². The van der Waals surface area contributed by atoms with Crippen molar-refractivity contribution < 1.29 is 18.7 Å². The van der Waals surface area contributed by atoms with Crippen LogP contribution in [0, 0.1) is 0 Å². The normalized spacial score (nSPS) is 11.1. The zero-order chi connectivity index (χ0) is 21.8. The van der Waals surface area contributed by atoms with E-state index in [0.717, 1.165) is 17.5 Å². The fraction of sp³-hybridized carbons (Fsp3) is 0.0870. The fourth-order valence-electron chi connectivity index (χ4n) is 2.95. The van der Waals surface area contributed by atoms with Crippen molar-refractivity contribution in [2.45, 2.75) is 13.3 Å². The van der Waals surface area contributed by atoms with E-state index in [9.17, 15) is 9.90 Å². The monoisotopic (exact) mass is 433 g/mol. The average molecular weight is 433 g/mol. The number of nitrogens with zero attached hydrogens (tertiary/aromatic N) is 1. The number of phenolic OH excluding ortho intramolecular Hbond substituents is 1. The number of hydrogen-bond acceptors (Lipinski definition) is 6. The smallest absolute Gasteiger partial charge is 0.250 e. The summed E-state index contributed by atoms with van der Waals surface area (Å²) in [6.45, 7) is 2.07. The van der Waals surface area contributed by atoms with Gasteiger partial charge in [-0.3, -0.25) is 10.1 Å². The van der Waals surface area contributed by atoms with Gasteiger partial charge in [-0.25, -0.2) is 4.98 Å². The summed E-state index contributed by atoms with van der Waals surface area (Å²) in [4.78, 5) is 16.5. The average Bonchev–Trinajstić information content (AvgIpc) is 3.42. The summed E-state index contributed by atoms with van der Waals surface area (Å²) in [5, 5.41) is 15.9. The number of thiocarbonyl (C=S) groups is 1. The Labute approximate surface area is 183 Å². The standard InChI is InChI=1S/C23H19N3O4S/c1-2-14-5-9-20-18(12-14)25-22(30-20)17-13-15(6-8-19(17)27)24-23(31)26-21(28)10-7-16-4-3-11-29-16/h3-13,27H,2H2,1H3,(H2,24,26,28,31)/b10-7+. The molecule has 8 heteroatoms. The van der Waals surface area contributed by atoms with Crippen molar-refractivity contribution in [3.63, 3.8) is 0 Å². The van der Waals surface area contributed by atoms with Crippen molar-refractivity contribution in [1.82, 2.24) is 10.3 Å². The van der Waals surface area contributed by atoms with Crippen LogP contribution in [0.1, 0.15) is 18.2 Å². The molecule has 3 N–H and O–H groups in total. The Bertz CT molecular complexity index is 1280. The number of benzene rings is 2. The number of aromatic hydroxyl groups is 1. The first-order valence-electron chi connectivity index (χ1n) is 9.58. The highest BCUT2D eigenvalue weighted by atomic mass is 32.1. The molecule has 4 rings (SSSR count). The van der Waals surface area contributed by atoms with E-state index in [0.29, 0.717) is 28.5 Å². The quantitative estimate of drug-likeness (QED) is 0.234. The first-order valence-corrected chi connectivity index (χ1v) is 9.99. The molecule has 156 valence electrons. The largest absolute Gasteiger partial charge is 0.507 e. The van der Waals surface area contributed by atoms with Gasteiger partial charge in [0, 0.05) is 11.8 Å². The predicted molar refractivity (Wildman–Crippen MR) is 123 cm³/mol. The van der Waals surface area contributed by atoms with E-state index in [1.165, 1.54) is 24.5 Å². The number of nitrogens with one attached hydrogen (secondary N) is 2. The number of anilines is 1. The number of aromatic nitrogens is 1. The van der Waals surface area contributed by atoms with Crippen LogP contribution in [0.25, 0.3) is 28.6 Å². The second kappa shape index (κ2) is 8.85. The fourth-order valence-corrected chi connectivity index (χ4v) is 3.17. The lowest BCUT2D eigenvalue weighted by Gasteiger charge is -2.09. The van der Waals surface area contributed by atoms with E-state index in [1.807, 2.05) is 18.2 Å². The van der Waals surface area contributed by atoms with Crippen LogP contribution in [0.15, 0.2) is 69.7 Å². The topological polar surface area (TPSA) is 101 Å². The van der Waals surface area contributed by atoms with Crippen molar-refractivity contribution in [1.29, 1.82) is 0 Å². The van der Waals surface area contributed by atoms with Crippen LogP contribution >= 0.6 is 12.2 Å². The molecule has 2 aromatic carbocycles. The Balaban J connectivity index is 1.48. The van der Waals surface area contributed by atoms with Crippen molar-refractivity contribution in [2.75, 3.05) is 5.32 Å². The van der Waals surface area contributed by atoms with Gasteiger partial charge in [-0.2, -0.15) is 0 Å². The van der Waals surface area contributed by atoms with Gasteiger partial charge in [0.2, 0.25) is 11.8 Å². The van der Waals surface area contributed by atoms with Crippen LogP contribution in [0.5, 0.6) is 5.75 Å². The van der Waals surface area contributed by atoms with Crippen LogP contribution in [0.2, 0.25) is 0 Å². The highest BCUT2D eigenvalue weighted by molar-refractivity contribution is 7.80. The molecule has 0 aliphatic carbocycles. The van der Waals surface area contributed by atoms with Gasteiger partial charge in [-0.05, 0) is 72.7 Å². The minimum atomic E-state index is -0.404. The minimum absolute atomic E-state index is 0.0177. The SMILES string of the molecule is CCc1ccc2oc(-c3cc(NC(=S)NC(=O)/C=C/c4ccco4)ccc3O)nc2c1. The van der Waals surface area contributed by atoms with Gasteiger partial charge in [-0.15, -0.1) is 0 Å². The van der Waals surface area contributed by atoms with E-state index in [2.05, 4.69) is 22.5 Å². The number of furan rings is 1. The number of aryl methyl sites for hydroxylation is 1. The summed E-state index contributed by atoms with van der Waals surface area (Å²) in [6.07, 6.45) is 5.26. The lowest BCUT2D eigenvalue weighted by atomic mass is 10.1. The van der Waals surface area contributed by atoms with Gasteiger partial charge < -0.3 is 19.3 Å². The lowest BCUT2D eigenvalue weighted by Crippen LogP contribution is -2.32. The van der Waals surface area contributed by atoms with Gasteiger partial charge in [-0.1, -0.05) is 13.0 Å². The molecule has 0 bridgehead atoms. The summed E-state index contributed by atoms with van der Waals surface area (Å²) in [5.41, 5.74) is 3.47. The molecular weight excluding hydrogens is 414 g/mol. The molecule has 0 unspecified atom stereocenters. The van der Waals surface area contributed by atoms with Crippen LogP contribution < -0.4 is 10.6 Å². The number of rotatable bonds is 5. The van der Waals surface area contributed by atoms with Crippen molar-refractivity contribution in [3.8, 4) is 17.2 Å². The van der Waals surface area contributed by atoms with Crippen molar-refractivity contribution in [2.24, 2.45) is 0 Å². The van der Waals surface area contributed by atoms with E-state index >= 15 is 0 Å². The minimum Gasteiger partial charge on any atom is -0.507 e. The summed E-state index contributed by atoms with van der Waals surface area (Å²) >= 11 is 5.20. The Morgan fingerprint density at radius 3 is 2.87 bits per heavy atom. The maximum absolute atomic E-state index is 12.0. The molecule has 0 fully saturated rings. The molecule has 0 spiro atoms. The van der Waals surface area contributed by atoms with Crippen LogP contribution in [0.4, 0.5) is 5.69 Å². The second-order valence-corrected chi connectivity index (χ2v) is 7.11. The summed E-state index contributed by atoms with van der Waals surface area (Å²) in [7, 11) is 0. The highest BCUT2D eigenvalue weighted by Gasteiger charge is 2.14. The van der Waals surface area contributed by atoms with E-state index in [4.69, 9.17) is 21.1 Å². The van der Waals surface area contributed by atoms with Gasteiger partial charge in [0.1, 0.15) is 17.0 Å². The van der Waals surface area contributed by atoms with Crippen LogP contribution in [0.3, 0.4) is 0 Å². The molecule has 0 saturated carbocycles. The van der Waals surface area contributed by atoms with E-state index in [-0.39, 0.29) is 10.9 Å².